The van der Waals surface area contributed by atoms with Crippen molar-refractivity contribution in [1.29, 1.82) is 0 Å². The van der Waals surface area contributed by atoms with Gasteiger partial charge in [0.25, 0.3) is 5.91 Å². The molecule has 1 amide bonds. The molecule has 4 saturated carbocycles. The second-order valence-corrected chi connectivity index (χ2v) is 9.78. The zero-order valence-corrected chi connectivity index (χ0v) is 17.0. The topological polar surface area (TPSA) is 54.4 Å². The summed E-state index contributed by atoms with van der Waals surface area (Å²) in [5, 5.41) is 7.60. The molecule has 1 aromatic carbocycles. The lowest BCUT2D eigenvalue weighted by molar-refractivity contribution is 0.0944. The Labute approximate surface area is 174 Å². The van der Waals surface area contributed by atoms with Crippen molar-refractivity contribution >= 4 is 33.9 Å². The summed E-state index contributed by atoms with van der Waals surface area (Å²) in [5.41, 5.74) is 6.49. The van der Waals surface area contributed by atoms with Gasteiger partial charge in [-0.2, -0.15) is 5.10 Å². The number of benzene rings is 1. The number of hydrogen-bond acceptors (Lipinski definition) is 4. The smallest absolute Gasteiger partial charge is 0.267 e. The molecule has 4 nitrogen and oxygen atoms in total. The number of para-hydroxylation sites is 1. The van der Waals surface area contributed by atoms with Gasteiger partial charge in [-0.15, -0.1) is 11.3 Å². The van der Waals surface area contributed by atoms with Gasteiger partial charge in [-0.1, -0.05) is 24.3 Å². The summed E-state index contributed by atoms with van der Waals surface area (Å²) in [4.78, 5) is 19.0. The number of hydrogen-bond donors (Lipinski definition) is 1. The maximum absolute atomic E-state index is 13.2. The van der Waals surface area contributed by atoms with Crippen LogP contribution < -0.4 is 5.43 Å². The van der Waals surface area contributed by atoms with Gasteiger partial charge in [-0.25, -0.2) is 10.4 Å². The molecule has 0 radical (unpaired) electrons. The molecule has 2 aromatic heterocycles. The molecular formula is C24H23N3OS. The maximum Gasteiger partial charge on any atom is 0.272 e. The van der Waals surface area contributed by atoms with Crippen LogP contribution in [0.2, 0.25) is 0 Å². The van der Waals surface area contributed by atoms with Crippen LogP contribution in [-0.2, 0) is 0 Å². The van der Waals surface area contributed by atoms with Crippen molar-refractivity contribution in [3.8, 4) is 10.6 Å². The minimum absolute atomic E-state index is 0.136. The van der Waals surface area contributed by atoms with Crippen molar-refractivity contribution in [3.63, 3.8) is 0 Å². The fourth-order valence-corrected chi connectivity index (χ4v) is 6.63. The third-order valence-electron chi connectivity index (χ3n) is 7.00. The molecule has 0 aliphatic heterocycles. The van der Waals surface area contributed by atoms with Crippen molar-refractivity contribution in [3.05, 3.63) is 53.4 Å². The molecule has 0 saturated heterocycles. The number of rotatable bonds is 3. The number of nitrogens with zero attached hydrogens (tertiary/aromatic N) is 2. The van der Waals surface area contributed by atoms with E-state index in [0.717, 1.165) is 33.3 Å². The number of thiophene rings is 1. The summed E-state index contributed by atoms with van der Waals surface area (Å²) in [6.45, 7) is 0. The fourth-order valence-electron chi connectivity index (χ4n) is 5.94. The Morgan fingerprint density at radius 1 is 1.00 bits per heavy atom. The molecule has 5 heteroatoms. The average Bonchev–Trinajstić information content (AvgIpc) is 3.27. The summed E-state index contributed by atoms with van der Waals surface area (Å²) >= 11 is 1.63. The van der Waals surface area contributed by atoms with Crippen LogP contribution in [0.3, 0.4) is 0 Å². The van der Waals surface area contributed by atoms with E-state index in [1.54, 1.807) is 11.3 Å². The van der Waals surface area contributed by atoms with Gasteiger partial charge >= 0.3 is 0 Å². The molecular weight excluding hydrogens is 378 g/mol. The van der Waals surface area contributed by atoms with Gasteiger partial charge in [-0.05, 0) is 79.4 Å². The first-order chi connectivity index (χ1) is 14.2. The van der Waals surface area contributed by atoms with E-state index in [1.165, 1.54) is 37.8 Å². The molecule has 2 heterocycles. The number of hydrazone groups is 1. The molecule has 146 valence electrons. The van der Waals surface area contributed by atoms with Gasteiger partial charge in [0.15, 0.2) is 0 Å². The standard InChI is InChI=1S/C24H23N3OS/c28-24(27-26-23-16-9-14-8-15(11-16)12-17(23)10-14)19-13-21(22-6-3-7-29-22)25-20-5-2-1-4-18(19)20/h1-7,13-17H,8-12H2,(H,27,28). The van der Waals surface area contributed by atoms with Crippen LogP contribution in [0.4, 0.5) is 0 Å². The molecule has 7 rings (SSSR count). The third-order valence-corrected chi connectivity index (χ3v) is 7.89. The summed E-state index contributed by atoms with van der Waals surface area (Å²) in [6, 6.07) is 13.8. The van der Waals surface area contributed by atoms with E-state index in [-0.39, 0.29) is 5.91 Å². The fraction of sp³-hybridized carbons (Fsp3) is 0.375. The Hall–Kier alpha value is -2.53. The highest BCUT2D eigenvalue weighted by molar-refractivity contribution is 7.13. The Balaban J connectivity index is 1.34. The van der Waals surface area contributed by atoms with Gasteiger partial charge < -0.3 is 0 Å². The Morgan fingerprint density at radius 3 is 2.48 bits per heavy atom. The van der Waals surface area contributed by atoms with Crippen LogP contribution in [0.25, 0.3) is 21.5 Å². The van der Waals surface area contributed by atoms with Crippen LogP contribution in [0, 0.1) is 23.7 Å². The Bertz CT molecular complexity index is 1090. The van der Waals surface area contributed by atoms with Gasteiger partial charge in [-0.3, -0.25) is 4.79 Å². The lowest BCUT2D eigenvalue weighted by Gasteiger charge is -2.50. The van der Waals surface area contributed by atoms with Crippen molar-refractivity contribution in [2.45, 2.75) is 32.1 Å². The van der Waals surface area contributed by atoms with Gasteiger partial charge in [0.1, 0.15) is 0 Å². The van der Waals surface area contributed by atoms with E-state index in [2.05, 4.69) is 5.43 Å². The van der Waals surface area contributed by atoms with E-state index in [0.29, 0.717) is 17.4 Å². The molecule has 1 N–H and O–H groups in total. The van der Waals surface area contributed by atoms with Crippen LogP contribution in [0.5, 0.6) is 0 Å². The summed E-state index contributed by atoms with van der Waals surface area (Å²) in [7, 11) is 0. The molecule has 4 aliphatic carbocycles. The maximum atomic E-state index is 13.2. The molecule has 4 aliphatic rings. The first-order valence-corrected chi connectivity index (χ1v) is 11.4. The minimum atomic E-state index is -0.136. The number of fused-ring (bicyclic) bond motifs is 1. The third kappa shape index (κ3) is 2.99. The predicted octanol–water partition coefficient (Wildman–Crippen LogP) is 5.51. The van der Waals surface area contributed by atoms with Crippen LogP contribution in [-0.4, -0.2) is 16.6 Å². The van der Waals surface area contributed by atoms with E-state index in [4.69, 9.17) is 10.1 Å². The summed E-state index contributed by atoms with van der Waals surface area (Å²) in [5.74, 6) is 2.82. The highest BCUT2D eigenvalue weighted by atomic mass is 32.1. The number of carbonyl (C=O) groups is 1. The van der Waals surface area contributed by atoms with Crippen molar-refractivity contribution < 1.29 is 4.79 Å². The predicted molar refractivity (Wildman–Crippen MR) is 117 cm³/mol. The summed E-state index contributed by atoms with van der Waals surface area (Å²) < 4.78 is 0. The van der Waals surface area contributed by atoms with E-state index in [1.807, 2.05) is 47.8 Å². The van der Waals surface area contributed by atoms with Crippen molar-refractivity contribution in [2.24, 2.45) is 28.8 Å². The average molecular weight is 402 g/mol. The van der Waals surface area contributed by atoms with Crippen LogP contribution >= 0.6 is 11.3 Å². The monoisotopic (exact) mass is 401 g/mol. The molecule has 4 bridgehead atoms. The highest BCUT2D eigenvalue weighted by Crippen LogP contribution is 2.52. The van der Waals surface area contributed by atoms with E-state index < -0.39 is 0 Å². The molecule has 0 atom stereocenters. The number of carbonyl (C=O) groups excluding carboxylic acids is 1. The summed E-state index contributed by atoms with van der Waals surface area (Å²) in [6.07, 6.45) is 6.48. The number of pyridine rings is 1. The molecule has 29 heavy (non-hydrogen) atoms. The van der Waals surface area contributed by atoms with Crippen molar-refractivity contribution in [2.75, 3.05) is 0 Å². The molecule has 4 fully saturated rings. The number of aromatic nitrogens is 1. The van der Waals surface area contributed by atoms with E-state index >= 15 is 0 Å². The van der Waals surface area contributed by atoms with Crippen LogP contribution in [0.1, 0.15) is 42.5 Å². The van der Waals surface area contributed by atoms with Gasteiger partial charge in [0.2, 0.25) is 0 Å². The molecule has 0 unspecified atom stereocenters. The van der Waals surface area contributed by atoms with E-state index in [9.17, 15) is 4.79 Å². The minimum Gasteiger partial charge on any atom is -0.267 e. The first kappa shape index (κ1) is 17.3. The number of nitrogens with one attached hydrogen (secondary N) is 1. The second kappa shape index (κ2) is 6.77. The second-order valence-electron chi connectivity index (χ2n) is 8.83. The van der Waals surface area contributed by atoms with Crippen LogP contribution in [0.15, 0.2) is 52.9 Å². The highest BCUT2D eigenvalue weighted by Gasteiger charge is 2.46. The normalized spacial score (nSPS) is 27.4. The zero-order valence-electron chi connectivity index (χ0n) is 16.2. The van der Waals surface area contributed by atoms with Gasteiger partial charge in [0.05, 0.1) is 21.7 Å². The number of amides is 1. The lowest BCUT2D eigenvalue weighted by Crippen LogP contribution is -2.46. The SMILES string of the molecule is O=C(NN=C1C2CC3CC(C2)CC1C3)c1cc(-c2cccs2)nc2ccccc12. The van der Waals surface area contributed by atoms with Gasteiger partial charge in [0, 0.05) is 11.1 Å². The lowest BCUT2D eigenvalue weighted by atomic mass is 9.55. The zero-order chi connectivity index (χ0) is 19.4. The quantitative estimate of drug-likeness (QED) is 0.589. The molecule has 0 spiro atoms. The Morgan fingerprint density at radius 2 is 1.76 bits per heavy atom. The largest absolute Gasteiger partial charge is 0.272 e. The van der Waals surface area contributed by atoms with Crippen molar-refractivity contribution in [1.82, 2.24) is 10.4 Å². The molecule has 3 aromatic rings. The first-order valence-electron chi connectivity index (χ1n) is 10.6. The Kier molecular flexibility index (Phi) is 4.05.